The smallest absolute Gasteiger partial charge is 0.251 e. The fourth-order valence-corrected chi connectivity index (χ4v) is 1.48. The predicted molar refractivity (Wildman–Crippen MR) is 95.2 cm³/mol. The average molecular weight is 406 g/mol. The molecule has 1 aromatic rings. The van der Waals surface area contributed by atoms with Gasteiger partial charge in [0.25, 0.3) is 5.91 Å². The van der Waals surface area contributed by atoms with Crippen LogP contribution in [0.1, 0.15) is 31.1 Å². The molecular weight excluding hydrogens is 383 g/mol. The molecule has 0 aliphatic heterocycles. The number of carbonyl (C=O) groups is 1. The maximum absolute atomic E-state index is 11.7. The van der Waals surface area contributed by atoms with Gasteiger partial charge in [-0.05, 0) is 45.0 Å². The minimum absolute atomic E-state index is 0. The third-order valence-electron chi connectivity index (χ3n) is 2.31. The number of hydrogen-bond donors (Lipinski definition) is 4. The number of amides is 1. The fraction of sp³-hybridized carbons (Fsp3) is 0.429. The van der Waals surface area contributed by atoms with Gasteiger partial charge in [-0.1, -0.05) is 0 Å². The lowest BCUT2D eigenvalue weighted by molar-refractivity contribution is 0.0955. The van der Waals surface area contributed by atoms with Crippen molar-refractivity contribution in [3.63, 3.8) is 0 Å². The van der Waals surface area contributed by atoms with E-state index in [-0.39, 0.29) is 41.2 Å². The molecule has 0 bridgehead atoms. The normalized spacial score (nSPS) is 11.5. The van der Waals surface area contributed by atoms with Crippen LogP contribution in [-0.4, -0.2) is 35.6 Å². The summed E-state index contributed by atoms with van der Waals surface area (Å²) in [5.41, 5.74) is 6.06. The zero-order valence-electron chi connectivity index (χ0n) is 12.5. The van der Waals surface area contributed by atoms with Gasteiger partial charge in [-0.25, -0.2) is 0 Å². The summed E-state index contributed by atoms with van der Waals surface area (Å²) in [5, 5.41) is 14.9. The van der Waals surface area contributed by atoms with E-state index in [9.17, 15) is 4.79 Å². The second-order valence-corrected chi connectivity index (χ2v) is 5.44. The number of nitrogens with zero attached hydrogens (tertiary/aromatic N) is 1. The van der Waals surface area contributed by atoms with Crippen LogP contribution in [0.2, 0.25) is 0 Å². The number of nitrogens with two attached hydrogens (primary N) is 1. The van der Waals surface area contributed by atoms with E-state index in [1.807, 2.05) is 20.8 Å². The van der Waals surface area contributed by atoms with Crippen molar-refractivity contribution in [2.45, 2.75) is 26.3 Å². The highest BCUT2D eigenvalue weighted by molar-refractivity contribution is 14.0. The number of halogens is 1. The maximum Gasteiger partial charge on any atom is 0.251 e. The van der Waals surface area contributed by atoms with Gasteiger partial charge in [0, 0.05) is 17.6 Å². The van der Waals surface area contributed by atoms with Crippen LogP contribution < -0.4 is 16.4 Å². The monoisotopic (exact) mass is 406 g/mol. The van der Waals surface area contributed by atoms with Crippen molar-refractivity contribution >= 4 is 35.8 Å². The molecule has 0 radical (unpaired) electrons. The van der Waals surface area contributed by atoms with Gasteiger partial charge < -0.3 is 21.5 Å². The minimum Gasteiger partial charge on any atom is -0.508 e. The molecule has 0 saturated carbocycles. The number of benzene rings is 1. The molecule has 0 spiro atoms. The Hall–Kier alpha value is -1.51. The highest BCUT2D eigenvalue weighted by atomic mass is 127. The molecule has 118 valence electrons. The van der Waals surface area contributed by atoms with Gasteiger partial charge in [-0.3, -0.25) is 9.79 Å². The summed E-state index contributed by atoms with van der Waals surface area (Å²) in [6.45, 7) is 6.76. The Morgan fingerprint density at radius 1 is 1.29 bits per heavy atom. The molecule has 0 aliphatic rings. The number of hydrogen-bond acceptors (Lipinski definition) is 3. The van der Waals surface area contributed by atoms with Crippen molar-refractivity contribution < 1.29 is 9.90 Å². The molecule has 1 amide bonds. The number of aromatic hydroxyl groups is 1. The van der Waals surface area contributed by atoms with E-state index in [0.717, 1.165) is 0 Å². The topological polar surface area (TPSA) is 99.7 Å². The number of guanidine groups is 1. The summed E-state index contributed by atoms with van der Waals surface area (Å²) >= 11 is 0. The Labute approximate surface area is 142 Å². The van der Waals surface area contributed by atoms with Crippen molar-refractivity contribution in [2.75, 3.05) is 13.1 Å². The Kier molecular flexibility index (Phi) is 8.08. The Bertz CT molecular complexity index is 481. The molecular formula is C14H23IN4O2. The fourth-order valence-electron chi connectivity index (χ4n) is 1.48. The van der Waals surface area contributed by atoms with E-state index in [0.29, 0.717) is 24.6 Å². The summed E-state index contributed by atoms with van der Waals surface area (Å²) in [4.78, 5) is 15.9. The van der Waals surface area contributed by atoms with E-state index in [1.165, 1.54) is 12.1 Å². The number of rotatable bonds is 4. The third-order valence-corrected chi connectivity index (χ3v) is 2.31. The zero-order valence-corrected chi connectivity index (χ0v) is 14.8. The molecule has 0 aromatic heterocycles. The number of phenolic OH excluding ortho intramolecular Hbond substituents is 1. The molecule has 1 rings (SSSR count). The van der Waals surface area contributed by atoms with Crippen molar-refractivity contribution in [3.05, 3.63) is 29.8 Å². The van der Waals surface area contributed by atoms with E-state index in [2.05, 4.69) is 15.6 Å². The number of nitrogens with one attached hydrogen (secondary N) is 2. The Morgan fingerprint density at radius 3 is 2.38 bits per heavy atom. The second-order valence-electron chi connectivity index (χ2n) is 5.44. The third kappa shape index (κ3) is 8.38. The maximum atomic E-state index is 11.7. The van der Waals surface area contributed by atoms with Gasteiger partial charge in [0.2, 0.25) is 0 Å². The zero-order chi connectivity index (χ0) is 15.2. The number of aliphatic imine (C=N–C) groups is 1. The lowest BCUT2D eigenvalue weighted by atomic mass is 10.1. The largest absolute Gasteiger partial charge is 0.508 e. The van der Waals surface area contributed by atoms with Gasteiger partial charge in [-0.15, -0.1) is 24.0 Å². The van der Waals surface area contributed by atoms with Crippen molar-refractivity contribution in [3.8, 4) is 5.75 Å². The van der Waals surface area contributed by atoms with Gasteiger partial charge in [0.15, 0.2) is 5.96 Å². The average Bonchev–Trinajstić information content (AvgIpc) is 2.33. The first-order valence-electron chi connectivity index (χ1n) is 6.43. The van der Waals surface area contributed by atoms with Gasteiger partial charge in [0.05, 0.1) is 6.54 Å². The first-order chi connectivity index (χ1) is 9.28. The summed E-state index contributed by atoms with van der Waals surface area (Å²) in [6.07, 6.45) is 0. The molecule has 5 N–H and O–H groups in total. The van der Waals surface area contributed by atoms with E-state index < -0.39 is 0 Å². The van der Waals surface area contributed by atoms with Crippen LogP contribution in [0.5, 0.6) is 5.75 Å². The molecule has 1 aromatic carbocycles. The van der Waals surface area contributed by atoms with Gasteiger partial charge in [0.1, 0.15) is 5.75 Å². The molecule has 0 fully saturated rings. The summed E-state index contributed by atoms with van der Waals surface area (Å²) < 4.78 is 0. The van der Waals surface area contributed by atoms with Crippen LogP contribution >= 0.6 is 24.0 Å². The highest BCUT2D eigenvalue weighted by Crippen LogP contribution is 2.09. The Balaban J connectivity index is 0.00000400. The first-order valence-corrected chi connectivity index (χ1v) is 6.43. The molecule has 7 heteroatoms. The first kappa shape index (κ1) is 19.5. The van der Waals surface area contributed by atoms with Crippen LogP contribution in [0.15, 0.2) is 29.3 Å². The van der Waals surface area contributed by atoms with Crippen LogP contribution in [-0.2, 0) is 0 Å². The van der Waals surface area contributed by atoms with Crippen LogP contribution in [0.3, 0.4) is 0 Å². The number of carbonyl (C=O) groups excluding carboxylic acids is 1. The number of phenols is 1. The van der Waals surface area contributed by atoms with E-state index in [1.54, 1.807) is 12.1 Å². The van der Waals surface area contributed by atoms with E-state index in [4.69, 9.17) is 10.8 Å². The van der Waals surface area contributed by atoms with Crippen molar-refractivity contribution in [2.24, 2.45) is 10.7 Å². The van der Waals surface area contributed by atoms with Crippen LogP contribution in [0.4, 0.5) is 0 Å². The minimum atomic E-state index is -0.206. The van der Waals surface area contributed by atoms with Gasteiger partial charge >= 0.3 is 0 Å². The molecule has 0 heterocycles. The molecule has 0 unspecified atom stereocenters. The molecule has 0 saturated heterocycles. The molecule has 0 aliphatic carbocycles. The lowest BCUT2D eigenvalue weighted by Crippen LogP contribution is -2.45. The standard InChI is InChI=1S/C14H22N4O2.HI/c1-14(2,3)18-13(15)17-9-8-16-12(20)10-4-6-11(19)7-5-10;/h4-7,19H,8-9H2,1-3H3,(H,16,20)(H3,15,17,18);1H. The molecule has 6 nitrogen and oxygen atoms in total. The highest BCUT2D eigenvalue weighted by Gasteiger charge is 2.09. The lowest BCUT2D eigenvalue weighted by Gasteiger charge is -2.20. The summed E-state index contributed by atoms with van der Waals surface area (Å²) in [7, 11) is 0. The molecule has 21 heavy (non-hydrogen) atoms. The Morgan fingerprint density at radius 2 is 1.86 bits per heavy atom. The molecule has 0 atom stereocenters. The van der Waals surface area contributed by atoms with Gasteiger partial charge in [-0.2, -0.15) is 0 Å². The van der Waals surface area contributed by atoms with Crippen LogP contribution in [0.25, 0.3) is 0 Å². The summed E-state index contributed by atoms with van der Waals surface area (Å²) in [6, 6.07) is 6.06. The SMILES string of the molecule is CC(C)(C)NC(N)=NCCNC(=O)c1ccc(O)cc1.I. The quantitative estimate of drug-likeness (QED) is 0.263. The van der Waals surface area contributed by atoms with Crippen molar-refractivity contribution in [1.82, 2.24) is 10.6 Å². The summed E-state index contributed by atoms with van der Waals surface area (Å²) in [5.74, 6) is 0.283. The predicted octanol–water partition coefficient (Wildman–Crippen LogP) is 1.44. The van der Waals surface area contributed by atoms with Crippen molar-refractivity contribution in [1.29, 1.82) is 0 Å². The van der Waals surface area contributed by atoms with Crippen LogP contribution in [0, 0.1) is 0 Å². The second kappa shape index (κ2) is 8.71. The van der Waals surface area contributed by atoms with E-state index >= 15 is 0 Å².